The van der Waals surface area contributed by atoms with E-state index >= 15 is 0 Å². The van der Waals surface area contributed by atoms with E-state index in [2.05, 4.69) is 5.16 Å². The first-order chi connectivity index (χ1) is 14.1. The van der Waals surface area contributed by atoms with Crippen LogP contribution in [-0.4, -0.2) is 24.5 Å². The smallest absolute Gasteiger partial charge is 0.146 e. The lowest BCUT2D eigenvalue weighted by atomic mass is 10.2. The minimum absolute atomic E-state index is 0.165. The van der Waals surface area contributed by atoms with Crippen LogP contribution in [0.5, 0.6) is 23.0 Å². The first kappa shape index (κ1) is 24.2. The fourth-order valence-electron chi connectivity index (χ4n) is 2.01. The molecule has 2 aromatic rings. The molecule has 0 aliphatic rings. The van der Waals surface area contributed by atoms with E-state index in [1.165, 1.54) is 0 Å². The maximum absolute atomic E-state index is 6.33. The van der Waals surface area contributed by atoms with E-state index in [-0.39, 0.29) is 23.3 Å². The molecule has 5 nitrogen and oxygen atoms in total. The summed E-state index contributed by atoms with van der Waals surface area (Å²) in [5.74, 6) is 2.39. The van der Waals surface area contributed by atoms with Crippen molar-refractivity contribution in [3.63, 3.8) is 0 Å². The van der Waals surface area contributed by atoms with Gasteiger partial charge in [0.2, 0.25) is 0 Å². The van der Waals surface area contributed by atoms with Gasteiger partial charge in [-0.05, 0) is 70.2 Å². The van der Waals surface area contributed by atoms with Gasteiger partial charge in [-0.3, -0.25) is 0 Å². The van der Waals surface area contributed by atoms with Crippen molar-refractivity contribution in [2.45, 2.75) is 33.3 Å². The van der Waals surface area contributed by atoms with Gasteiger partial charge in [0, 0.05) is 6.07 Å². The predicted molar refractivity (Wildman–Crippen MR) is 123 cm³/mol. The van der Waals surface area contributed by atoms with Crippen LogP contribution in [0, 0.1) is 0 Å². The van der Waals surface area contributed by atoms with Gasteiger partial charge >= 0.3 is 0 Å². The van der Waals surface area contributed by atoms with E-state index in [1.807, 2.05) is 27.7 Å². The van der Waals surface area contributed by atoms with E-state index in [0.29, 0.717) is 33.7 Å². The molecule has 0 atom stereocenters. The van der Waals surface area contributed by atoms with Crippen LogP contribution >= 0.6 is 34.8 Å². The van der Waals surface area contributed by atoms with Gasteiger partial charge in [-0.2, -0.15) is 0 Å². The van der Waals surface area contributed by atoms with E-state index in [9.17, 15) is 0 Å². The van der Waals surface area contributed by atoms with Crippen molar-refractivity contribution in [1.82, 2.24) is 0 Å². The second kappa shape index (κ2) is 11.3. The standard InChI is InChI=1S/C22H24Cl3NO4/c1-15(26-30-22(2,3)4)14-28-18-9-10-20(19(23)13-18)29-17-7-5-16(6-8-17)27-12-11-21(24)25/h5-11,13H,12,14H2,1-4H3. The van der Waals surface area contributed by atoms with Crippen molar-refractivity contribution in [3.8, 4) is 23.0 Å². The molecule has 0 N–H and O–H groups in total. The third-order valence-corrected chi connectivity index (χ3v) is 3.97. The zero-order valence-electron chi connectivity index (χ0n) is 17.2. The van der Waals surface area contributed by atoms with Gasteiger partial charge in [0.25, 0.3) is 0 Å². The second-order valence-corrected chi connectivity index (χ2v) is 8.70. The molecule has 2 rings (SSSR count). The van der Waals surface area contributed by atoms with Gasteiger partial charge in [-0.25, -0.2) is 0 Å². The molecule has 8 heteroatoms. The van der Waals surface area contributed by atoms with Crippen LogP contribution in [0.25, 0.3) is 0 Å². The summed E-state index contributed by atoms with van der Waals surface area (Å²) in [5, 5.41) is 4.47. The lowest BCUT2D eigenvalue weighted by Gasteiger charge is -2.16. The Morgan fingerprint density at radius 2 is 1.60 bits per heavy atom. The second-order valence-electron chi connectivity index (χ2n) is 7.29. The van der Waals surface area contributed by atoms with E-state index in [1.54, 1.807) is 48.5 Å². The molecular formula is C22H24Cl3NO4. The Kier molecular flexibility index (Phi) is 9.15. The Balaban J connectivity index is 1.91. The topological polar surface area (TPSA) is 49.3 Å². The van der Waals surface area contributed by atoms with Gasteiger partial charge in [-0.15, -0.1) is 0 Å². The monoisotopic (exact) mass is 471 g/mol. The molecule has 0 fully saturated rings. The molecule has 0 aromatic heterocycles. The quantitative estimate of drug-likeness (QED) is 0.282. The van der Waals surface area contributed by atoms with Crippen LogP contribution in [0.3, 0.4) is 0 Å². The Morgan fingerprint density at radius 1 is 0.967 bits per heavy atom. The normalized spacial score (nSPS) is 11.6. The molecule has 0 spiro atoms. The Hall–Kier alpha value is -2.08. The molecule has 162 valence electrons. The lowest BCUT2D eigenvalue weighted by molar-refractivity contribution is 0.0000982. The first-order valence-electron chi connectivity index (χ1n) is 9.18. The van der Waals surface area contributed by atoms with Crippen LogP contribution < -0.4 is 14.2 Å². The van der Waals surface area contributed by atoms with Crippen LogP contribution in [0.2, 0.25) is 5.02 Å². The number of hydrogen-bond donors (Lipinski definition) is 0. The Morgan fingerprint density at radius 3 is 2.20 bits per heavy atom. The van der Waals surface area contributed by atoms with Crippen molar-refractivity contribution >= 4 is 40.5 Å². The van der Waals surface area contributed by atoms with Crippen LogP contribution in [0.15, 0.2) is 58.2 Å². The number of oxime groups is 1. The summed E-state index contributed by atoms with van der Waals surface area (Å²) < 4.78 is 17.2. The molecule has 0 radical (unpaired) electrons. The fraction of sp³-hybridized carbons (Fsp3) is 0.318. The highest BCUT2D eigenvalue weighted by Gasteiger charge is 2.11. The van der Waals surface area contributed by atoms with Crippen molar-refractivity contribution in [2.75, 3.05) is 13.2 Å². The zero-order valence-corrected chi connectivity index (χ0v) is 19.5. The molecule has 30 heavy (non-hydrogen) atoms. The lowest BCUT2D eigenvalue weighted by Crippen LogP contribution is -2.18. The molecule has 0 saturated carbocycles. The van der Waals surface area contributed by atoms with Crippen molar-refractivity contribution in [1.29, 1.82) is 0 Å². The average molecular weight is 473 g/mol. The van der Waals surface area contributed by atoms with Crippen molar-refractivity contribution in [2.24, 2.45) is 5.16 Å². The maximum Gasteiger partial charge on any atom is 0.146 e. The first-order valence-corrected chi connectivity index (χ1v) is 10.3. The Bertz CT molecular complexity index is 886. The van der Waals surface area contributed by atoms with E-state index in [4.69, 9.17) is 53.9 Å². The number of nitrogens with zero attached hydrogens (tertiary/aromatic N) is 1. The summed E-state index contributed by atoms with van der Waals surface area (Å²) in [7, 11) is 0. The fourth-order valence-corrected chi connectivity index (χ4v) is 2.35. The van der Waals surface area contributed by atoms with Gasteiger partial charge in [-0.1, -0.05) is 40.0 Å². The summed E-state index contributed by atoms with van der Waals surface area (Å²) in [6.45, 7) is 8.19. The molecule has 0 heterocycles. The summed E-state index contributed by atoms with van der Waals surface area (Å²) in [5.41, 5.74) is 0.371. The summed E-state index contributed by atoms with van der Waals surface area (Å²) >= 11 is 17.4. The zero-order chi connectivity index (χ0) is 22.1. The molecule has 0 bridgehead atoms. The number of hydrogen-bond acceptors (Lipinski definition) is 5. The highest BCUT2D eigenvalue weighted by molar-refractivity contribution is 6.55. The molecule has 0 amide bonds. The molecule has 0 aliphatic carbocycles. The van der Waals surface area contributed by atoms with Gasteiger partial charge in [0.15, 0.2) is 0 Å². The summed E-state index contributed by atoms with van der Waals surface area (Å²) in [4.78, 5) is 5.37. The largest absolute Gasteiger partial charge is 0.489 e. The van der Waals surface area contributed by atoms with Gasteiger partial charge in [0.05, 0.1) is 10.7 Å². The van der Waals surface area contributed by atoms with Crippen LogP contribution in [0.4, 0.5) is 0 Å². The molecule has 0 saturated heterocycles. The van der Waals surface area contributed by atoms with Gasteiger partial charge < -0.3 is 19.0 Å². The number of benzene rings is 2. The molecule has 2 aromatic carbocycles. The van der Waals surface area contributed by atoms with Crippen LogP contribution in [-0.2, 0) is 4.84 Å². The Labute approximate surface area is 192 Å². The average Bonchev–Trinajstić information content (AvgIpc) is 2.67. The third-order valence-electron chi connectivity index (χ3n) is 3.37. The number of halogens is 3. The molecule has 0 aliphatic heterocycles. The minimum Gasteiger partial charge on any atom is -0.489 e. The minimum atomic E-state index is -0.344. The number of rotatable bonds is 9. The SMILES string of the molecule is CC(COc1ccc(Oc2ccc(OCC=C(Cl)Cl)cc2)c(Cl)c1)=NOC(C)(C)C. The summed E-state index contributed by atoms with van der Waals surface area (Å²) in [6.07, 6.45) is 1.56. The van der Waals surface area contributed by atoms with E-state index < -0.39 is 0 Å². The molecule has 0 unspecified atom stereocenters. The predicted octanol–water partition coefficient (Wildman–Crippen LogP) is 7.40. The van der Waals surface area contributed by atoms with E-state index in [0.717, 1.165) is 0 Å². The van der Waals surface area contributed by atoms with Crippen molar-refractivity contribution in [3.05, 3.63) is 58.1 Å². The van der Waals surface area contributed by atoms with Gasteiger partial charge in [0.1, 0.15) is 46.3 Å². The highest BCUT2D eigenvalue weighted by Crippen LogP contribution is 2.33. The highest BCUT2D eigenvalue weighted by atomic mass is 35.5. The third kappa shape index (κ3) is 9.16. The molecular weight excluding hydrogens is 449 g/mol. The van der Waals surface area contributed by atoms with Crippen LogP contribution in [0.1, 0.15) is 27.7 Å². The summed E-state index contributed by atoms with van der Waals surface area (Å²) in [6, 6.07) is 12.3. The van der Waals surface area contributed by atoms with Crippen molar-refractivity contribution < 1.29 is 19.0 Å². The number of ether oxygens (including phenoxy) is 3. The maximum atomic E-state index is 6.33.